The summed E-state index contributed by atoms with van der Waals surface area (Å²) < 4.78 is 43.3. The number of nitrogens with two attached hydrogens (primary N) is 1. The van der Waals surface area contributed by atoms with Gasteiger partial charge in [-0.3, -0.25) is 0 Å². The maximum absolute atomic E-state index is 12.8. The van der Waals surface area contributed by atoms with Crippen LogP contribution in [0.1, 0.15) is 35.8 Å². The monoisotopic (exact) mass is 271 g/mol. The van der Waals surface area contributed by atoms with Crippen LogP contribution in [0.25, 0.3) is 0 Å². The average molecular weight is 271 g/mol. The molecule has 0 aliphatic heterocycles. The molecular weight excluding hydrogens is 259 g/mol. The summed E-state index contributed by atoms with van der Waals surface area (Å²) in [7, 11) is 0. The van der Waals surface area contributed by atoms with Crippen LogP contribution in [-0.2, 0) is 12.6 Å². The number of hydrogen-bond donors (Lipinski definition) is 1. The standard InChI is InChI=1S/C12H12F3N3O/c1-7(16)11-17-10(19-18-11)6-8-4-2-3-5-9(8)12(13,14)15/h2-5,7H,6,16H2,1H3. The van der Waals surface area contributed by atoms with Gasteiger partial charge in [-0.05, 0) is 18.6 Å². The molecule has 0 saturated carbocycles. The molecule has 19 heavy (non-hydrogen) atoms. The van der Waals surface area contributed by atoms with Gasteiger partial charge in [-0.25, -0.2) is 0 Å². The molecule has 0 bridgehead atoms. The van der Waals surface area contributed by atoms with E-state index in [-0.39, 0.29) is 23.7 Å². The topological polar surface area (TPSA) is 64.9 Å². The zero-order valence-electron chi connectivity index (χ0n) is 10.1. The van der Waals surface area contributed by atoms with Crippen LogP contribution in [0, 0.1) is 0 Å². The molecule has 2 N–H and O–H groups in total. The van der Waals surface area contributed by atoms with E-state index in [4.69, 9.17) is 10.3 Å². The van der Waals surface area contributed by atoms with Crippen molar-refractivity contribution in [1.29, 1.82) is 0 Å². The Morgan fingerprint density at radius 2 is 2.00 bits per heavy atom. The number of rotatable bonds is 3. The molecule has 4 nitrogen and oxygen atoms in total. The van der Waals surface area contributed by atoms with Crippen LogP contribution in [0.4, 0.5) is 13.2 Å². The molecule has 1 heterocycles. The third-order valence-corrected chi connectivity index (χ3v) is 2.56. The van der Waals surface area contributed by atoms with Crippen LogP contribution < -0.4 is 5.73 Å². The third-order valence-electron chi connectivity index (χ3n) is 2.56. The predicted octanol–water partition coefficient (Wildman–Crippen LogP) is 2.70. The van der Waals surface area contributed by atoms with Gasteiger partial charge in [-0.15, -0.1) is 0 Å². The molecule has 0 amide bonds. The Morgan fingerprint density at radius 1 is 1.32 bits per heavy atom. The van der Waals surface area contributed by atoms with Crippen LogP contribution in [-0.4, -0.2) is 10.1 Å². The fraction of sp³-hybridized carbons (Fsp3) is 0.333. The lowest BCUT2D eigenvalue weighted by Gasteiger charge is -2.10. The van der Waals surface area contributed by atoms with Crippen molar-refractivity contribution in [3.63, 3.8) is 0 Å². The fourth-order valence-corrected chi connectivity index (χ4v) is 1.64. The summed E-state index contributed by atoms with van der Waals surface area (Å²) in [5.41, 5.74) is 4.95. The molecule has 2 aromatic rings. The van der Waals surface area contributed by atoms with Crippen molar-refractivity contribution in [3.05, 3.63) is 47.1 Å². The maximum atomic E-state index is 12.8. The van der Waals surface area contributed by atoms with E-state index in [0.717, 1.165) is 6.07 Å². The van der Waals surface area contributed by atoms with Gasteiger partial charge in [-0.2, -0.15) is 18.2 Å². The molecule has 2 rings (SSSR count). The molecule has 1 unspecified atom stereocenters. The molecule has 1 aromatic heterocycles. The number of alkyl halides is 3. The highest BCUT2D eigenvalue weighted by atomic mass is 19.4. The highest BCUT2D eigenvalue weighted by Gasteiger charge is 2.33. The van der Waals surface area contributed by atoms with E-state index in [1.165, 1.54) is 18.2 Å². The van der Waals surface area contributed by atoms with E-state index < -0.39 is 17.8 Å². The van der Waals surface area contributed by atoms with E-state index in [1.807, 2.05) is 0 Å². The van der Waals surface area contributed by atoms with Gasteiger partial charge < -0.3 is 10.3 Å². The Kier molecular flexibility index (Phi) is 3.57. The quantitative estimate of drug-likeness (QED) is 0.932. The Morgan fingerprint density at radius 3 is 2.58 bits per heavy atom. The highest BCUT2D eigenvalue weighted by Crippen LogP contribution is 2.32. The molecule has 0 aliphatic rings. The third kappa shape index (κ3) is 3.11. The van der Waals surface area contributed by atoms with Crippen molar-refractivity contribution in [2.75, 3.05) is 0 Å². The second-order valence-corrected chi connectivity index (χ2v) is 4.17. The lowest BCUT2D eigenvalue weighted by Crippen LogP contribution is -2.09. The Labute approximate surface area is 107 Å². The first-order valence-electron chi connectivity index (χ1n) is 5.61. The van der Waals surface area contributed by atoms with Gasteiger partial charge in [0.1, 0.15) is 0 Å². The first-order valence-corrected chi connectivity index (χ1v) is 5.61. The highest BCUT2D eigenvalue weighted by molar-refractivity contribution is 5.31. The normalized spacial score (nSPS) is 13.5. The Hall–Kier alpha value is -1.89. The van der Waals surface area contributed by atoms with E-state index in [2.05, 4.69) is 10.1 Å². The molecule has 0 aliphatic carbocycles. The summed E-state index contributed by atoms with van der Waals surface area (Å²) in [5, 5.41) is 3.61. The smallest absolute Gasteiger partial charge is 0.339 e. The number of aromatic nitrogens is 2. The van der Waals surface area contributed by atoms with E-state index >= 15 is 0 Å². The van der Waals surface area contributed by atoms with E-state index in [9.17, 15) is 13.2 Å². The number of benzene rings is 1. The first-order chi connectivity index (χ1) is 8.88. The van der Waals surface area contributed by atoms with Gasteiger partial charge >= 0.3 is 6.18 Å². The molecule has 0 radical (unpaired) electrons. The van der Waals surface area contributed by atoms with Crippen molar-refractivity contribution in [3.8, 4) is 0 Å². The second kappa shape index (κ2) is 5.00. The second-order valence-electron chi connectivity index (χ2n) is 4.17. The number of hydrogen-bond acceptors (Lipinski definition) is 4. The van der Waals surface area contributed by atoms with E-state index in [0.29, 0.717) is 0 Å². The number of halogens is 3. The summed E-state index contributed by atoms with van der Waals surface area (Å²) >= 11 is 0. The summed E-state index contributed by atoms with van der Waals surface area (Å²) in [4.78, 5) is 3.96. The van der Waals surface area contributed by atoms with Crippen molar-refractivity contribution in [2.45, 2.75) is 25.6 Å². The minimum atomic E-state index is -4.40. The van der Waals surface area contributed by atoms with Gasteiger partial charge in [0.05, 0.1) is 18.0 Å². The minimum Gasteiger partial charge on any atom is -0.339 e. The molecule has 7 heteroatoms. The molecule has 0 saturated heterocycles. The minimum absolute atomic E-state index is 0.0740. The fourth-order valence-electron chi connectivity index (χ4n) is 1.64. The van der Waals surface area contributed by atoms with Crippen LogP contribution >= 0.6 is 0 Å². The zero-order valence-corrected chi connectivity index (χ0v) is 10.1. The van der Waals surface area contributed by atoms with E-state index in [1.54, 1.807) is 6.92 Å². The maximum Gasteiger partial charge on any atom is 0.416 e. The SMILES string of the molecule is CC(N)c1noc(Cc2ccccc2C(F)(F)F)n1. The van der Waals surface area contributed by atoms with Crippen LogP contribution in [0.5, 0.6) is 0 Å². The van der Waals surface area contributed by atoms with Gasteiger partial charge in [0.25, 0.3) is 0 Å². The molecule has 0 spiro atoms. The van der Waals surface area contributed by atoms with Gasteiger partial charge in [0, 0.05) is 0 Å². The van der Waals surface area contributed by atoms with Gasteiger partial charge in [0.2, 0.25) is 5.89 Å². The average Bonchev–Trinajstić information content (AvgIpc) is 2.77. The summed E-state index contributed by atoms with van der Waals surface area (Å²) in [6.45, 7) is 1.66. The lowest BCUT2D eigenvalue weighted by molar-refractivity contribution is -0.138. The van der Waals surface area contributed by atoms with Crippen LogP contribution in [0.3, 0.4) is 0 Å². The number of nitrogens with zero attached hydrogens (tertiary/aromatic N) is 2. The van der Waals surface area contributed by atoms with Crippen LogP contribution in [0.2, 0.25) is 0 Å². The predicted molar refractivity (Wildman–Crippen MR) is 61.2 cm³/mol. The summed E-state index contributed by atoms with van der Waals surface area (Å²) in [6, 6.07) is 4.87. The molecule has 1 atom stereocenters. The Balaban J connectivity index is 2.28. The molecule has 0 fully saturated rings. The first kappa shape index (κ1) is 13.5. The van der Waals surface area contributed by atoms with Crippen molar-refractivity contribution < 1.29 is 17.7 Å². The zero-order chi connectivity index (χ0) is 14.0. The largest absolute Gasteiger partial charge is 0.416 e. The van der Waals surface area contributed by atoms with Gasteiger partial charge in [0.15, 0.2) is 5.82 Å². The van der Waals surface area contributed by atoms with Crippen molar-refractivity contribution in [1.82, 2.24) is 10.1 Å². The molecule has 102 valence electrons. The van der Waals surface area contributed by atoms with Crippen molar-refractivity contribution >= 4 is 0 Å². The molecule has 1 aromatic carbocycles. The molecular formula is C12H12F3N3O. The van der Waals surface area contributed by atoms with Crippen LogP contribution in [0.15, 0.2) is 28.8 Å². The summed E-state index contributed by atoms with van der Waals surface area (Å²) in [5.74, 6) is 0.392. The lowest BCUT2D eigenvalue weighted by atomic mass is 10.0. The van der Waals surface area contributed by atoms with Gasteiger partial charge in [-0.1, -0.05) is 23.4 Å². The Bertz CT molecular complexity index is 563. The summed E-state index contributed by atoms with van der Waals surface area (Å²) in [6.07, 6.45) is -4.48. The van der Waals surface area contributed by atoms with Crippen molar-refractivity contribution in [2.24, 2.45) is 5.73 Å².